The highest BCUT2D eigenvalue weighted by Gasteiger charge is 2.17. The number of sulfonamides is 1. The number of hydrogen-bond donors (Lipinski definition) is 1. The summed E-state index contributed by atoms with van der Waals surface area (Å²) in [5, 5.41) is 0. The minimum absolute atomic E-state index is 0.215. The molecule has 0 radical (unpaired) electrons. The van der Waals surface area contributed by atoms with Crippen LogP contribution in [0.3, 0.4) is 0 Å². The third-order valence-corrected chi connectivity index (χ3v) is 4.24. The minimum atomic E-state index is -3.43. The van der Waals surface area contributed by atoms with Crippen LogP contribution < -0.4 is 4.72 Å². The molecular formula is C11H16ClNO2S. The molecule has 1 aromatic rings. The lowest BCUT2D eigenvalue weighted by molar-refractivity contribution is 0.557. The number of rotatable bonds is 5. The van der Waals surface area contributed by atoms with Crippen molar-refractivity contribution >= 4 is 21.6 Å². The summed E-state index contributed by atoms with van der Waals surface area (Å²) in [6.07, 6.45) is 0.675. The summed E-state index contributed by atoms with van der Waals surface area (Å²) in [4.78, 5) is 0.279. The van der Waals surface area contributed by atoms with E-state index in [1.54, 1.807) is 24.3 Å². The van der Waals surface area contributed by atoms with Crippen LogP contribution in [0.5, 0.6) is 0 Å². The first-order chi connectivity index (χ1) is 7.49. The van der Waals surface area contributed by atoms with Gasteiger partial charge in [0, 0.05) is 11.9 Å². The molecule has 0 unspecified atom stereocenters. The van der Waals surface area contributed by atoms with Crippen LogP contribution in [-0.2, 0) is 10.0 Å². The Bertz CT molecular complexity index is 424. The summed E-state index contributed by atoms with van der Waals surface area (Å²) in [5.41, 5.74) is 1.03. The molecule has 0 bridgehead atoms. The van der Waals surface area contributed by atoms with Gasteiger partial charge in [0.15, 0.2) is 0 Å². The van der Waals surface area contributed by atoms with E-state index in [0.29, 0.717) is 6.42 Å². The van der Waals surface area contributed by atoms with Gasteiger partial charge in [0.1, 0.15) is 0 Å². The van der Waals surface area contributed by atoms with Crippen molar-refractivity contribution < 1.29 is 8.42 Å². The van der Waals surface area contributed by atoms with E-state index < -0.39 is 10.0 Å². The van der Waals surface area contributed by atoms with Gasteiger partial charge in [-0.15, -0.1) is 11.6 Å². The fourth-order valence-electron chi connectivity index (χ4n) is 1.23. The Balaban J connectivity index is 2.89. The van der Waals surface area contributed by atoms with Crippen molar-refractivity contribution in [3.8, 4) is 0 Å². The largest absolute Gasteiger partial charge is 0.240 e. The minimum Gasteiger partial charge on any atom is -0.207 e. The zero-order valence-corrected chi connectivity index (χ0v) is 11.0. The molecule has 1 rings (SSSR count). The predicted octanol–water partition coefficient (Wildman–Crippen LogP) is 2.29. The number of benzene rings is 1. The van der Waals surface area contributed by atoms with Crippen LogP contribution >= 0.6 is 11.6 Å². The maximum atomic E-state index is 11.9. The summed E-state index contributed by atoms with van der Waals surface area (Å²) in [6.45, 7) is 3.81. The topological polar surface area (TPSA) is 46.2 Å². The molecule has 0 fully saturated rings. The van der Waals surface area contributed by atoms with Crippen molar-refractivity contribution in [3.63, 3.8) is 0 Å². The van der Waals surface area contributed by atoms with Crippen LogP contribution in [0.1, 0.15) is 18.9 Å². The first-order valence-corrected chi connectivity index (χ1v) is 7.16. The van der Waals surface area contributed by atoms with Crippen molar-refractivity contribution in [2.24, 2.45) is 0 Å². The van der Waals surface area contributed by atoms with E-state index in [0.717, 1.165) is 5.56 Å². The van der Waals surface area contributed by atoms with Crippen LogP contribution in [0.25, 0.3) is 0 Å². The van der Waals surface area contributed by atoms with Gasteiger partial charge in [-0.25, -0.2) is 13.1 Å². The molecule has 1 aromatic carbocycles. The lowest BCUT2D eigenvalue weighted by Crippen LogP contribution is -2.35. The maximum Gasteiger partial charge on any atom is 0.240 e. The second-order valence-corrected chi connectivity index (χ2v) is 5.72. The van der Waals surface area contributed by atoms with E-state index >= 15 is 0 Å². The molecule has 0 saturated heterocycles. The number of nitrogens with one attached hydrogen (secondary N) is 1. The summed E-state index contributed by atoms with van der Waals surface area (Å²) >= 11 is 5.66. The Labute approximate surface area is 102 Å². The third-order valence-electron chi connectivity index (χ3n) is 2.33. The molecule has 0 amide bonds. The van der Waals surface area contributed by atoms with Crippen molar-refractivity contribution in [1.82, 2.24) is 4.72 Å². The fraction of sp³-hybridized carbons (Fsp3) is 0.455. The Morgan fingerprint density at radius 1 is 1.31 bits per heavy atom. The highest BCUT2D eigenvalue weighted by atomic mass is 35.5. The van der Waals surface area contributed by atoms with Crippen molar-refractivity contribution in [3.05, 3.63) is 29.8 Å². The van der Waals surface area contributed by atoms with E-state index in [1.165, 1.54) is 0 Å². The molecule has 0 aliphatic rings. The summed E-state index contributed by atoms with van der Waals surface area (Å²) < 4.78 is 26.4. The molecule has 3 nitrogen and oxygen atoms in total. The van der Waals surface area contributed by atoms with Crippen molar-refractivity contribution in [2.75, 3.05) is 5.88 Å². The van der Waals surface area contributed by atoms with Crippen molar-refractivity contribution in [1.29, 1.82) is 0 Å². The quantitative estimate of drug-likeness (QED) is 0.827. The molecule has 0 spiro atoms. The Morgan fingerprint density at radius 2 is 1.88 bits per heavy atom. The first kappa shape index (κ1) is 13.5. The molecule has 1 atom stereocenters. The average molecular weight is 262 g/mol. The normalized spacial score (nSPS) is 13.7. The van der Waals surface area contributed by atoms with Gasteiger partial charge in [0.2, 0.25) is 10.0 Å². The molecule has 0 heterocycles. The van der Waals surface area contributed by atoms with E-state index in [4.69, 9.17) is 11.6 Å². The SMILES string of the molecule is CC[C@@H](CCl)NS(=O)(=O)c1ccc(C)cc1. The molecule has 0 saturated carbocycles. The van der Waals surface area contributed by atoms with Gasteiger partial charge >= 0.3 is 0 Å². The van der Waals surface area contributed by atoms with E-state index in [1.807, 2.05) is 13.8 Å². The monoisotopic (exact) mass is 261 g/mol. The second kappa shape index (κ2) is 5.66. The first-order valence-electron chi connectivity index (χ1n) is 5.14. The van der Waals surface area contributed by atoms with E-state index in [-0.39, 0.29) is 16.8 Å². The van der Waals surface area contributed by atoms with E-state index in [9.17, 15) is 8.42 Å². The number of aryl methyl sites for hydroxylation is 1. The number of hydrogen-bond acceptors (Lipinski definition) is 2. The van der Waals surface area contributed by atoms with Gasteiger partial charge in [-0.05, 0) is 25.5 Å². The number of alkyl halides is 1. The average Bonchev–Trinajstić information content (AvgIpc) is 2.26. The van der Waals surface area contributed by atoms with Crippen LogP contribution in [0.4, 0.5) is 0 Å². The lowest BCUT2D eigenvalue weighted by Gasteiger charge is -2.14. The highest BCUT2D eigenvalue weighted by Crippen LogP contribution is 2.11. The smallest absolute Gasteiger partial charge is 0.207 e. The van der Waals surface area contributed by atoms with Gasteiger partial charge in [-0.2, -0.15) is 0 Å². The Morgan fingerprint density at radius 3 is 2.31 bits per heavy atom. The van der Waals surface area contributed by atoms with Crippen molar-refractivity contribution in [2.45, 2.75) is 31.2 Å². The lowest BCUT2D eigenvalue weighted by atomic mass is 10.2. The predicted molar refractivity (Wildman–Crippen MR) is 66.3 cm³/mol. The molecule has 1 N–H and O–H groups in total. The number of halogens is 1. The zero-order chi connectivity index (χ0) is 12.2. The molecule has 0 aliphatic carbocycles. The Kier molecular flexibility index (Phi) is 4.77. The van der Waals surface area contributed by atoms with Crippen LogP contribution in [0.15, 0.2) is 29.2 Å². The second-order valence-electron chi connectivity index (χ2n) is 3.69. The molecule has 5 heteroatoms. The molecular weight excluding hydrogens is 246 g/mol. The van der Waals surface area contributed by atoms with E-state index in [2.05, 4.69) is 4.72 Å². The third kappa shape index (κ3) is 3.47. The fourth-order valence-corrected chi connectivity index (χ4v) is 2.93. The molecule has 0 aliphatic heterocycles. The standard InChI is InChI=1S/C11H16ClNO2S/c1-3-10(8-12)13-16(14,15)11-6-4-9(2)5-7-11/h4-7,10,13H,3,8H2,1-2H3/t10-/m0/s1. The maximum absolute atomic E-state index is 11.9. The van der Waals surface area contributed by atoms with Gasteiger partial charge in [-0.1, -0.05) is 24.6 Å². The summed E-state index contributed by atoms with van der Waals surface area (Å²) in [7, 11) is -3.43. The Hall–Kier alpha value is -0.580. The zero-order valence-electron chi connectivity index (χ0n) is 9.40. The molecule has 16 heavy (non-hydrogen) atoms. The van der Waals surface area contributed by atoms with Gasteiger partial charge in [0.25, 0.3) is 0 Å². The molecule has 90 valence electrons. The highest BCUT2D eigenvalue weighted by molar-refractivity contribution is 7.89. The van der Waals surface area contributed by atoms with Gasteiger partial charge < -0.3 is 0 Å². The van der Waals surface area contributed by atoms with Crippen LogP contribution in [-0.4, -0.2) is 20.3 Å². The summed E-state index contributed by atoms with van der Waals surface area (Å²) in [6, 6.07) is 6.52. The van der Waals surface area contributed by atoms with Gasteiger partial charge in [0.05, 0.1) is 4.90 Å². The summed E-state index contributed by atoms with van der Waals surface area (Å²) in [5.74, 6) is 0.279. The molecule has 0 aromatic heterocycles. The van der Waals surface area contributed by atoms with Crippen LogP contribution in [0, 0.1) is 6.92 Å². The van der Waals surface area contributed by atoms with Crippen LogP contribution in [0.2, 0.25) is 0 Å². The van der Waals surface area contributed by atoms with Gasteiger partial charge in [-0.3, -0.25) is 0 Å².